The van der Waals surface area contributed by atoms with Crippen LogP contribution < -0.4 is 10.1 Å². The number of aryl methyl sites for hydroxylation is 1. The number of ether oxygens (including phenoxy) is 1. The molecule has 2 atom stereocenters. The number of amides is 1. The van der Waals surface area contributed by atoms with Gasteiger partial charge < -0.3 is 10.1 Å². The maximum Gasteiger partial charge on any atom is 0.243 e. The van der Waals surface area contributed by atoms with Crippen LogP contribution in [0.4, 0.5) is 0 Å². The van der Waals surface area contributed by atoms with E-state index < -0.39 is 10.0 Å². The Hall–Kier alpha value is -2.78. The monoisotopic (exact) mass is 400 g/mol. The number of nitrogens with zero attached hydrogens (tertiary/aromatic N) is 3. The summed E-state index contributed by atoms with van der Waals surface area (Å²) in [7, 11) is -3.64. The number of carbonyl (C=O) groups is 1. The highest BCUT2D eigenvalue weighted by atomic mass is 32.2. The smallest absolute Gasteiger partial charge is 0.243 e. The molecule has 9 heteroatoms. The van der Waals surface area contributed by atoms with Crippen molar-refractivity contribution >= 4 is 15.9 Å². The van der Waals surface area contributed by atoms with E-state index in [1.54, 1.807) is 31.3 Å². The van der Waals surface area contributed by atoms with Gasteiger partial charge in [0.2, 0.25) is 21.8 Å². The third-order valence-corrected chi connectivity index (χ3v) is 6.88. The van der Waals surface area contributed by atoms with Gasteiger partial charge in [0.1, 0.15) is 5.75 Å². The quantitative estimate of drug-likeness (QED) is 0.738. The van der Waals surface area contributed by atoms with Crippen LogP contribution in [0.2, 0.25) is 0 Å². The second-order valence-corrected chi connectivity index (χ2v) is 8.90. The van der Waals surface area contributed by atoms with E-state index in [1.165, 1.54) is 22.6 Å². The van der Waals surface area contributed by atoms with Crippen molar-refractivity contribution in [3.63, 3.8) is 0 Å². The van der Waals surface area contributed by atoms with E-state index in [4.69, 9.17) is 4.74 Å². The van der Waals surface area contributed by atoms with Crippen molar-refractivity contribution in [2.45, 2.75) is 17.9 Å². The van der Waals surface area contributed by atoms with E-state index in [0.717, 1.165) is 0 Å². The van der Waals surface area contributed by atoms with Crippen LogP contribution in [0, 0.1) is 18.8 Å². The summed E-state index contributed by atoms with van der Waals surface area (Å²) in [6, 6.07) is 6.37. The van der Waals surface area contributed by atoms with Gasteiger partial charge in [-0.15, -0.1) is 0 Å². The molecule has 1 saturated heterocycles. The summed E-state index contributed by atoms with van der Waals surface area (Å²) >= 11 is 0. The molecule has 2 aliphatic rings. The lowest BCUT2D eigenvalue weighted by atomic mass is 10.3. The Morgan fingerprint density at radius 1 is 1.32 bits per heavy atom. The molecule has 2 aromatic rings. The minimum Gasteiger partial charge on any atom is -0.437 e. The number of fused-ring (bicyclic) bond motifs is 1. The Morgan fingerprint density at radius 3 is 2.75 bits per heavy atom. The van der Waals surface area contributed by atoms with E-state index in [1.807, 2.05) is 0 Å². The lowest BCUT2D eigenvalue weighted by Crippen LogP contribution is -2.36. The van der Waals surface area contributed by atoms with Gasteiger partial charge in [-0.3, -0.25) is 9.78 Å². The highest BCUT2D eigenvalue weighted by molar-refractivity contribution is 7.89. The van der Waals surface area contributed by atoms with Crippen molar-refractivity contribution in [1.29, 1.82) is 0 Å². The number of rotatable bonds is 6. The molecule has 4 rings (SSSR count). The third-order valence-electron chi connectivity index (χ3n) is 5.05. The predicted octanol–water partition coefficient (Wildman–Crippen LogP) is 1.50. The number of hydrogen-bond donors (Lipinski definition) is 1. The molecule has 28 heavy (non-hydrogen) atoms. The van der Waals surface area contributed by atoms with E-state index in [0.29, 0.717) is 30.4 Å². The van der Waals surface area contributed by atoms with Crippen molar-refractivity contribution in [2.24, 2.45) is 11.8 Å². The molecule has 1 saturated carbocycles. The van der Waals surface area contributed by atoms with Crippen molar-refractivity contribution in [3.8, 4) is 11.6 Å². The zero-order valence-electron chi connectivity index (χ0n) is 15.3. The number of hydrogen-bond acceptors (Lipinski definition) is 6. The van der Waals surface area contributed by atoms with Crippen LogP contribution in [0.3, 0.4) is 0 Å². The number of benzene rings is 1. The normalized spacial score (nSPS) is 23.7. The molecule has 1 aromatic heterocycles. The molecular formula is C19H20N4O4S. The van der Waals surface area contributed by atoms with Crippen LogP contribution >= 0.6 is 0 Å². The van der Waals surface area contributed by atoms with Gasteiger partial charge in [-0.1, -0.05) is 12.6 Å². The van der Waals surface area contributed by atoms with Gasteiger partial charge >= 0.3 is 0 Å². The van der Waals surface area contributed by atoms with Gasteiger partial charge in [-0.2, -0.15) is 4.31 Å². The molecule has 1 amide bonds. The summed E-state index contributed by atoms with van der Waals surface area (Å²) in [5.74, 6) is 0.762. The maximum absolute atomic E-state index is 13.0. The summed E-state index contributed by atoms with van der Waals surface area (Å²) < 4.78 is 33.1. The highest BCUT2D eigenvalue weighted by Crippen LogP contribution is 2.47. The van der Waals surface area contributed by atoms with E-state index in [2.05, 4.69) is 21.9 Å². The fraction of sp³-hybridized carbons (Fsp3) is 0.316. The highest BCUT2D eigenvalue weighted by Gasteiger charge is 2.58. The molecule has 0 spiro atoms. The first-order valence-electron chi connectivity index (χ1n) is 8.88. The zero-order chi connectivity index (χ0) is 19.9. The average molecular weight is 400 g/mol. The van der Waals surface area contributed by atoms with Gasteiger partial charge in [0, 0.05) is 31.4 Å². The number of aromatic nitrogens is 2. The van der Waals surface area contributed by atoms with Crippen LogP contribution in [0.5, 0.6) is 11.6 Å². The Balaban J connectivity index is 1.46. The fourth-order valence-corrected chi connectivity index (χ4v) is 5.13. The Morgan fingerprint density at radius 2 is 2.07 bits per heavy atom. The van der Waals surface area contributed by atoms with E-state index >= 15 is 0 Å². The van der Waals surface area contributed by atoms with Gasteiger partial charge in [-0.05, 0) is 37.0 Å². The summed E-state index contributed by atoms with van der Waals surface area (Å²) in [5.41, 5.74) is 0.704. The SMILES string of the molecule is C=CC(=O)NC1C2CN(S(=O)(=O)c3cccc(Oc4cncc(C)n4)c3)CC21. The molecule has 0 bridgehead atoms. The molecule has 1 N–H and O–H groups in total. The summed E-state index contributed by atoms with van der Waals surface area (Å²) in [4.78, 5) is 19.8. The van der Waals surface area contributed by atoms with Gasteiger partial charge in [0.15, 0.2) is 0 Å². The number of carbonyl (C=O) groups excluding carboxylic acids is 1. The first-order valence-corrected chi connectivity index (χ1v) is 10.3. The second-order valence-electron chi connectivity index (χ2n) is 6.96. The Labute approximate surface area is 163 Å². The number of nitrogens with one attached hydrogen (secondary N) is 1. The molecule has 2 heterocycles. The molecule has 1 aromatic carbocycles. The lowest BCUT2D eigenvalue weighted by Gasteiger charge is -2.20. The topological polar surface area (TPSA) is 101 Å². The van der Waals surface area contributed by atoms with Crippen molar-refractivity contribution in [3.05, 3.63) is 55.0 Å². The average Bonchev–Trinajstić information content (AvgIpc) is 3.10. The fourth-order valence-electron chi connectivity index (χ4n) is 3.58. The van der Waals surface area contributed by atoms with Crippen LogP contribution in [0.25, 0.3) is 0 Å². The standard InChI is InChI=1S/C19H20N4O4S/c1-3-17(24)22-19-15-10-23(11-16(15)19)28(25,26)14-6-4-5-13(7-14)27-18-9-20-8-12(2)21-18/h3-9,15-16,19H,1,10-11H2,2H3,(H,22,24). The minimum absolute atomic E-state index is 0.0338. The van der Waals surface area contributed by atoms with Gasteiger partial charge in [0.05, 0.1) is 16.8 Å². The molecule has 2 fully saturated rings. The summed E-state index contributed by atoms with van der Waals surface area (Å²) in [5, 5.41) is 2.85. The van der Waals surface area contributed by atoms with Crippen LogP contribution in [0.1, 0.15) is 5.69 Å². The number of sulfonamides is 1. The van der Waals surface area contributed by atoms with E-state index in [-0.39, 0.29) is 28.7 Å². The minimum atomic E-state index is -3.64. The first-order chi connectivity index (χ1) is 13.4. The van der Waals surface area contributed by atoms with Crippen molar-refractivity contribution < 1.29 is 17.9 Å². The molecule has 146 valence electrons. The summed E-state index contributed by atoms with van der Waals surface area (Å²) in [6.07, 6.45) is 4.31. The molecule has 0 radical (unpaired) electrons. The number of piperidine rings is 1. The van der Waals surface area contributed by atoms with Gasteiger partial charge in [-0.25, -0.2) is 13.4 Å². The van der Waals surface area contributed by atoms with Crippen LogP contribution in [-0.2, 0) is 14.8 Å². The molecule has 8 nitrogen and oxygen atoms in total. The Bertz CT molecular complexity index is 1030. The zero-order valence-corrected chi connectivity index (χ0v) is 16.1. The van der Waals surface area contributed by atoms with Crippen LogP contribution in [-0.4, -0.2) is 47.7 Å². The third kappa shape index (κ3) is 3.50. The van der Waals surface area contributed by atoms with E-state index in [9.17, 15) is 13.2 Å². The first kappa shape index (κ1) is 18.6. The molecule has 2 unspecified atom stereocenters. The molecular weight excluding hydrogens is 380 g/mol. The Kier molecular flexibility index (Phi) is 4.64. The summed E-state index contributed by atoms with van der Waals surface area (Å²) in [6.45, 7) is 6.01. The molecule has 1 aliphatic heterocycles. The lowest BCUT2D eigenvalue weighted by molar-refractivity contribution is -0.116. The maximum atomic E-state index is 13.0. The predicted molar refractivity (Wildman–Crippen MR) is 101 cm³/mol. The van der Waals surface area contributed by atoms with Crippen LogP contribution in [0.15, 0.2) is 54.2 Å². The molecule has 1 aliphatic carbocycles. The second kappa shape index (κ2) is 6.99. The largest absolute Gasteiger partial charge is 0.437 e. The van der Waals surface area contributed by atoms with Gasteiger partial charge in [0.25, 0.3) is 0 Å². The van der Waals surface area contributed by atoms with Crippen molar-refractivity contribution in [1.82, 2.24) is 19.6 Å². The van der Waals surface area contributed by atoms with Crippen molar-refractivity contribution in [2.75, 3.05) is 13.1 Å².